The lowest BCUT2D eigenvalue weighted by atomic mass is 10.0. The number of carbonyl (C=O) groups excluding carboxylic acids is 3. The van der Waals surface area contributed by atoms with Crippen LogP contribution in [0.1, 0.15) is 27.6 Å². The Morgan fingerprint density at radius 3 is 2.67 bits per heavy atom. The van der Waals surface area contributed by atoms with Crippen molar-refractivity contribution in [1.82, 2.24) is 40.3 Å². The van der Waals surface area contributed by atoms with Gasteiger partial charge in [0, 0.05) is 22.6 Å². The number of nitrogens with zero attached hydrogens (tertiary/aromatic N) is 7. The van der Waals surface area contributed by atoms with Crippen molar-refractivity contribution < 1.29 is 44.5 Å². The normalized spacial score (nSPS) is 17.5. The maximum atomic E-state index is 13.4. The molecule has 1 fully saturated rings. The van der Waals surface area contributed by atoms with Gasteiger partial charge in [0.15, 0.2) is 22.3 Å². The van der Waals surface area contributed by atoms with E-state index in [4.69, 9.17) is 15.8 Å². The van der Waals surface area contributed by atoms with E-state index in [1.807, 2.05) is 0 Å². The second kappa shape index (κ2) is 13.6. The number of thiazole rings is 1. The van der Waals surface area contributed by atoms with Crippen molar-refractivity contribution in [2.24, 2.45) is 5.16 Å². The van der Waals surface area contributed by atoms with Gasteiger partial charge in [-0.3, -0.25) is 24.5 Å². The SMILES string of the molecule is Cc1cc(SCC2=C(C(=O)O)N3C(=O)[C@@H](NC(=O)/C(=N\OCc4ccc(O)c(O)c4)c4csc(N)n4)[C@H]3SC2)n2nc(C(=O)NO)nc2n1. The fourth-order valence-electron chi connectivity index (χ4n) is 4.80. The maximum absolute atomic E-state index is 13.4. The number of aliphatic carboxylic acids is 1. The highest BCUT2D eigenvalue weighted by molar-refractivity contribution is 8.01. The molecule has 3 aromatic heterocycles. The van der Waals surface area contributed by atoms with Crippen LogP contribution in [0.3, 0.4) is 0 Å². The number of thioether (sulfide) groups is 2. The van der Waals surface area contributed by atoms with Crippen LogP contribution in [-0.4, -0.2) is 102 Å². The molecule has 0 bridgehead atoms. The third-order valence-electron chi connectivity index (χ3n) is 7.05. The van der Waals surface area contributed by atoms with Crippen LogP contribution >= 0.6 is 34.9 Å². The van der Waals surface area contributed by atoms with Gasteiger partial charge in [0.05, 0.1) is 0 Å². The van der Waals surface area contributed by atoms with Crippen LogP contribution in [0.15, 0.2) is 51.1 Å². The van der Waals surface area contributed by atoms with Crippen LogP contribution in [0.5, 0.6) is 11.5 Å². The molecule has 1 saturated heterocycles. The van der Waals surface area contributed by atoms with Crippen LogP contribution in [-0.2, 0) is 25.8 Å². The molecule has 0 saturated carbocycles. The number of amides is 3. The van der Waals surface area contributed by atoms with Crippen molar-refractivity contribution in [2.75, 3.05) is 17.2 Å². The molecule has 0 spiro atoms. The summed E-state index contributed by atoms with van der Waals surface area (Å²) in [7, 11) is 0. The Morgan fingerprint density at radius 1 is 1.18 bits per heavy atom. The highest BCUT2D eigenvalue weighted by Crippen LogP contribution is 2.41. The van der Waals surface area contributed by atoms with Crippen LogP contribution in [0, 0.1) is 6.92 Å². The summed E-state index contributed by atoms with van der Waals surface area (Å²) in [4.78, 5) is 69.8. The number of β-lactam (4-membered cyclic amide) rings is 1. The number of benzene rings is 1. The van der Waals surface area contributed by atoms with Gasteiger partial charge in [-0.1, -0.05) is 11.2 Å². The molecule has 49 heavy (non-hydrogen) atoms. The first-order valence-electron chi connectivity index (χ1n) is 13.9. The summed E-state index contributed by atoms with van der Waals surface area (Å²) in [5.74, 6) is -4.31. The lowest BCUT2D eigenvalue weighted by molar-refractivity contribution is -0.150. The van der Waals surface area contributed by atoms with E-state index in [9.17, 15) is 34.5 Å². The number of anilines is 1. The van der Waals surface area contributed by atoms with Gasteiger partial charge in [0.25, 0.3) is 17.6 Å². The summed E-state index contributed by atoms with van der Waals surface area (Å²) in [6.45, 7) is 1.51. The molecule has 4 aromatic rings. The van der Waals surface area contributed by atoms with Crippen LogP contribution in [0.25, 0.3) is 5.78 Å². The quantitative estimate of drug-likeness (QED) is 0.0210. The number of carbonyl (C=O) groups is 4. The number of fused-ring (bicyclic) bond motifs is 2. The van der Waals surface area contributed by atoms with E-state index < -0.39 is 35.1 Å². The number of nitrogens with two attached hydrogens (primary N) is 1. The zero-order valence-electron chi connectivity index (χ0n) is 24.9. The number of rotatable bonds is 11. The summed E-state index contributed by atoms with van der Waals surface area (Å²) >= 11 is 3.49. The van der Waals surface area contributed by atoms with Crippen molar-refractivity contribution >= 4 is 75.2 Å². The summed E-state index contributed by atoms with van der Waals surface area (Å²) in [6.07, 6.45) is 0. The number of aryl methyl sites for hydroxylation is 1. The number of aromatic hydroxyl groups is 2. The molecule has 0 aliphatic carbocycles. The number of aromatic nitrogens is 5. The number of hydrogen-bond donors (Lipinski definition) is 7. The molecule has 8 N–H and O–H groups in total. The summed E-state index contributed by atoms with van der Waals surface area (Å²) in [5.41, 5.74) is 8.21. The number of phenolic OH excluding ortho intramolecular Hbond substituents is 2. The molecule has 1 aromatic carbocycles. The third kappa shape index (κ3) is 6.65. The Kier molecular flexibility index (Phi) is 9.27. The number of oxime groups is 1. The van der Waals surface area contributed by atoms with Crippen LogP contribution < -0.4 is 16.5 Å². The minimum absolute atomic E-state index is 0.0795. The molecule has 2 atom stereocenters. The Balaban J connectivity index is 1.18. The second-order valence-corrected chi connectivity index (χ2v) is 13.3. The molecule has 2 aliphatic rings. The van der Waals surface area contributed by atoms with E-state index in [-0.39, 0.29) is 63.4 Å². The Morgan fingerprint density at radius 2 is 1.98 bits per heavy atom. The van der Waals surface area contributed by atoms with Gasteiger partial charge in [0.2, 0.25) is 5.82 Å². The number of phenols is 2. The Hall–Kier alpha value is -5.45. The Bertz CT molecular complexity index is 2080. The first-order chi connectivity index (χ1) is 23.4. The van der Waals surface area contributed by atoms with E-state index in [1.54, 1.807) is 13.0 Å². The van der Waals surface area contributed by atoms with E-state index >= 15 is 0 Å². The van der Waals surface area contributed by atoms with Crippen molar-refractivity contribution in [2.45, 2.75) is 30.0 Å². The molecular formula is C27H24N10O9S3. The topological polar surface area (TPSA) is 280 Å². The average molecular weight is 729 g/mol. The molecular weight excluding hydrogens is 705 g/mol. The number of nitrogens with one attached hydrogen (secondary N) is 2. The van der Waals surface area contributed by atoms with Gasteiger partial charge in [-0.15, -0.1) is 40.0 Å². The molecule has 19 nitrogen and oxygen atoms in total. The monoisotopic (exact) mass is 728 g/mol. The molecule has 22 heteroatoms. The lowest BCUT2D eigenvalue weighted by Crippen LogP contribution is -2.71. The fourth-order valence-corrected chi connectivity index (χ4v) is 7.88. The Labute approximate surface area is 286 Å². The smallest absolute Gasteiger partial charge is 0.352 e. The van der Waals surface area contributed by atoms with Crippen molar-refractivity contribution in [3.05, 3.63) is 63.7 Å². The number of hydroxylamine groups is 1. The summed E-state index contributed by atoms with van der Waals surface area (Å²) in [5, 5.41) is 50.3. The number of nitrogen functional groups attached to an aromatic ring is 1. The molecule has 6 rings (SSSR count). The molecule has 254 valence electrons. The van der Waals surface area contributed by atoms with E-state index in [2.05, 4.69) is 30.5 Å². The lowest BCUT2D eigenvalue weighted by Gasteiger charge is -2.49. The molecule has 0 unspecified atom stereocenters. The standard InChI is InChI=1S/C27H24N10O9S3/c1-10-4-16(37-27(29-10)32-20(33-37)22(41)34-45)47-7-12-8-48-24-18(23(42)36(24)19(12)25(43)44)31-21(40)17(13-9-49-26(28)30-13)35-46-6-11-2-3-14(38)15(39)5-11/h2-5,9,18,24,38-39,45H,6-8H2,1H3,(H2,28,30)(H,31,40)(H,34,41)(H,43,44)/b35-17-/t18-,24-/m1/s1. The van der Waals surface area contributed by atoms with Crippen LogP contribution in [0.2, 0.25) is 0 Å². The van der Waals surface area contributed by atoms with Gasteiger partial charge in [-0.2, -0.15) is 9.50 Å². The molecule has 5 heterocycles. The predicted octanol–water partition coefficient (Wildman–Crippen LogP) is 0.453. The maximum Gasteiger partial charge on any atom is 0.352 e. The highest BCUT2D eigenvalue weighted by Gasteiger charge is 2.54. The predicted molar refractivity (Wildman–Crippen MR) is 173 cm³/mol. The van der Waals surface area contributed by atoms with Gasteiger partial charge in [-0.25, -0.2) is 20.2 Å². The van der Waals surface area contributed by atoms with Gasteiger partial charge < -0.3 is 31.2 Å². The minimum Gasteiger partial charge on any atom is -0.504 e. The van der Waals surface area contributed by atoms with E-state index in [0.717, 1.165) is 16.2 Å². The number of carboxylic acid groups (broad SMARTS) is 1. The third-order valence-corrected chi connectivity index (χ3v) is 10.1. The van der Waals surface area contributed by atoms with Crippen LogP contribution in [0.4, 0.5) is 5.13 Å². The molecule has 3 amide bonds. The summed E-state index contributed by atoms with van der Waals surface area (Å²) < 4.78 is 1.29. The van der Waals surface area contributed by atoms with E-state index in [0.29, 0.717) is 21.9 Å². The average Bonchev–Trinajstić information content (AvgIpc) is 3.71. The molecule has 2 aliphatic heterocycles. The van der Waals surface area contributed by atoms with Gasteiger partial charge in [-0.05, 0) is 36.3 Å². The zero-order valence-corrected chi connectivity index (χ0v) is 27.4. The number of carboxylic acids is 1. The van der Waals surface area contributed by atoms with Crippen molar-refractivity contribution in [3.63, 3.8) is 0 Å². The van der Waals surface area contributed by atoms with Crippen molar-refractivity contribution in [1.29, 1.82) is 0 Å². The minimum atomic E-state index is -1.33. The van der Waals surface area contributed by atoms with Crippen molar-refractivity contribution in [3.8, 4) is 11.5 Å². The zero-order chi connectivity index (χ0) is 35.0. The highest BCUT2D eigenvalue weighted by atomic mass is 32.2. The number of hydrogen-bond acceptors (Lipinski definition) is 17. The summed E-state index contributed by atoms with van der Waals surface area (Å²) in [6, 6.07) is 4.58. The molecule has 0 radical (unpaired) electrons. The van der Waals surface area contributed by atoms with Gasteiger partial charge >= 0.3 is 11.9 Å². The van der Waals surface area contributed by atoms with Gasteiger partial charge in [0.1, 0.15) is 34.4 Å². The largest absolute Gasteiger partial charge is 0.504 e. The second-order valence-electron chi connectivity index (χ2n) is 10.3. The first-order valence-corrected chi connectivity index (χ1v) is 16.8. The van der Waals surface area contributed by atoms with E-state index in [1.165, 1.54) is 57.1 Å². The first kappa shape index (κ1) is 33.5. The fraction of sp³-hybridized carbons (Fsp3) is 0.222.